The number of rotatable bonds is 3. The Bertz CT molecular complexity index is 425. The van der Waals surface area contributed by atoms with Gasteiger partial charge in [0.15, 0.2) is 11.6 Å². The van der Waals surface area contributed by atoms with Crippen LogP contribution in [-0.4, -0.2) is 18.3 Å². The number of carbonyl (C=O) groups is 1. The molecule has 0 fully saturated rings. The Balaban J connectivity index is 3.21. The maximum Gasteiger partial charge on any atom is 0.327 e. The van der Waals surface area contributed by atoms with Crippen molar-refractivity contribution in [2.45, 2.75) is 5.92 Å². The van der Waals surface area contributed by atoms with Crippen LogP contribution in [0.15, 0.2) is 24.3 Å². The van der Waals surface area contributed by atoms with Gasteiger partial charge in [-0.05, 0) is 0 Å². The minimum atomic E-state index is -1.21. The van der Waals surface area contributed by atoms with Crippen LogP contribution in [0, 0.1) is 16.5 Å². The Labute approximate surface area is 91.8 Å². The Morgan fingerprint density at radius 3 is 2.75 bits per heavy atom. The number of hydrogen-bond donors (Lipinski definition) is 2. The Kier molecular flexibility index (Phi) is 3.96. The van der Waals surface area contributed by atoms with E-state index in [1.165, 1.54) is 18.2 Å². The Hall–Kier alpha value is -1.94. The summed E-state index contributed by atoms with van der Waals surface area (Å²) in [4.78, 5) is 11.3. The first-order valence-corrected chi connectivity index (χ1v) is 4.41. The molecule has 0 saturated carbocycles. The molecule has 0 spiro atoms. The highest BCUT2D eigenvalue weighted by molar-refractivity contribution is 5.82. The van der Waals surface area contributed by atoms with Crippen molar-refractivity contribution < 1.29 is 20.0 Å². The van der Waals surface area contributed by atoms with Gasteiger partial charge in [0, 0.05) is 11.6 Å². The number of ether oxygens (including phenoxy) is 1. The van der Waals surface area contributed by atoms with E-state index in [1.54, 1.807) is 12.1 Å². The summed E-state index contributed by atoms with van der Waals surface area (Å²) in [6.45, 7) is 0. The van der Waals surface area contributed by atoms with Gasteiger partial charge < -0.3 is 9.94 Å². The fourth-order valence-electron chi connectivity index (χ4n) is 1.31. The lowest BCUT2D eigenvalue weighted by atomic mass is 9.99. The first-order valence-electron chi connectivity index (χ1n) is 4.41. The van der Waals surface area contributed by atoms with E-state index in [1.807, 2.05) is 0 Å². The Morgan fingerprint density at radius 1 is 1.62 bits per heavy atom. The molecule has 0 aromatic heterocycles. The van der Waals surface area contributed by atoms with Crippen molar-refractivity contribution in [1.29, 1.82) is 5.26 Å². The second-order valence-corrected chi connectivity index (χ2v) is 2.98. The SMILES string of the molecule is COC(=O)[C@@H](C#N)c1ccccc1[NH+]([O-])O. The van der Waals surface area contributed by atoms with E-state index in [0.29, 0.717) is 0 Å². The summed E-state index contributed by atoms with van der Waals surface area (Å²) in [7, 11) is 1.15. The van der Waals surface area contributed by atoms with Crippen LogP contribution >= 0.6 is 0 Å². The van der Waals surface area contributed by atoms with E-state index < -0.39 is 17.1 Å². The first-order chi connectivity index (χ1) is 7.61. The molecule has 1 aromatic carbocycles. The van der Waals surface area contributed by atoms with E-state index in [2.05, 4.69) is 4.74 Å². The van der Waals surface area contributed by atoms with E-state index >= 15 is 0 Å². The summed E-state index contributed by atoms with van der Waals surface area (Å²) in [5, 5.41) is 27.5. The topological polar surface area (TPSA) is 97.8 Å². The molecular formula is C10H10N2O4. The summed E-state index contributed by atoms with van der Waals surface area (Å²) in [6, 6.07) is 7.58. The zero-order chi connectivity index (χ0) is 12.1. The lowest BCUT2D eigenvalue weighted by Crippen LogP contribution is -2.99. The van der Waals surface area contributed by atoms with Gasteiger partial charge in [0.25, 0.3) is 0 Å². The summed E-state index contributed by atoms with van der Waals surface area (Å²) in [6.07, 6.45) is 0. The molecule has 6 heteroatoms. The first kappa shape index (κ1) is 12.1. The van der Waals surface area contributed by atoms with Crippen LogP contribution in [0.4, 0.5) is 5.69 Å². The van der Waals surface area contributed by atoms with Gasteiger partial charge in [-0.25, -0.2) is 5.21 Å². The van der Waals surface area contributed by atoms with Crippen molar-refractivity contribution >= 4 is 11.7 Å². The summed E-state index contributed by atoms with van der Waals surface area (Å²) >= 11 is 0. The number of carbonyl (C=O) groups excluding carboxylic acids is 1. The summed E-state index contributed by atoms with van der Waals surface area (Å²) < 4.78 is 4.44. The van der Waals surface area contributed by atoms with Crippen molar-refractivity contribution in [2.24, 2.45) is 0 Å². The monoisotopic (exact) mass is 222 g/mol. The maximum absolute atomic E-state index is 11.3. The number of nitrogens with zero attached hydrogens (tertiary/aromatic N) is 1. The number of methoxy groups -OCH3 is 1. The molecular weight excluding hydrogens is 212 g/mol. The normalized spacial score (nSPS) is 13.6. The van der Waals surface area contributed by atoms with Crippen molar-refractivity contribution in [1.82, 2.24) is 0 Å². The highest BCUT2D eigenvalue weighted by atomic mass is 16.8. The van der Waals surface area contributed by atoms with Crippen molar-refractivity contribution in [2.75, 3.05) is 7.11 Å². The molecule has 16 heavy (non-hydrogen) atoms. The van der Waals surface area contributed by atoms with Gasteiger partial charge in [0.05, 0.1) is 13.2 Å². The van der Waals surface area contributed by atoms with Crippen molar-refractivity contribution in [3.05, 3.63) is 35.0 Å². The molecule has 0 heterocycles. The third kappa shape index (κ3) is 2.35. The van der Waals surface area contributed by atoms with Crippen LogP contribution in [0.25, 0.3) is 0 Å². The number of para-hydroxylation sites is 1. The van der Waals surface area contributed by atoms with Gasteiger partial charge >= 0.3 is 5.97 Å². The van der Waals surface area contributed by atoms with Gasteiger partial charge in [-0.2, -0.15) is 10.5 Å². The summed E-state index contributed by atoms with van der Waals surface area (Å²) in [5.74, 6) is -1.98. The minimum Gasteiger partial charge on any atom is -0.595 e. The third-order valence-corrected chi connectivity index (χ3v) is 2.07. The molecule has 0 bridgehead atoms. The molecule has 2 atom stereocenters. The molecule has 2 N–H and O–H groups in total. The van der Waals surface area contributed by atoms with Gasteiger partial charge in [-0.15, -0.1) is 0 Å². The fourth-order valence-corrected chi connectivity index (χ4v) is 1.31. The number of hydrogen-bond acceptors (Lipinski definition) is 5. The van der Waals surface area contributed by atoms with E-state index in [-0.39, 0.29) is 11.3 Å². The number of nitrogens with one attached hydrogen (secondary N) is 1. The van der Waals surface area contributed by atoms with Gasteiger partial charge in [-0.3, -0.25) is 4.79 Å². The second kappa shape index (κ2) is 5.23. The van der Waals surface area contributed by atoms with Crippen LogP contribution < -0.4 is 5.23 Å². The third-order valence-electron chi connectivity index (χ3n) is 2.07. The highest BCUT2D eigenvalue weighted by Gasteiger charge is 2.26. The zero-order valence-corrected chi connectivity index (χ0v) is 8.51. The van der Waals surface area contributed by atoms with Crippen LogP contribution in [0.3, 0.4) is 0 Å². The smallest absolute Gasteiger partial charge is 0.327 e. The number of benzene rings is 1. The molecule has 0 aliphatic heterocycles. The molecule has 1 unspecified atom stereocenters. The van der Waals surface area contributed by atoms with E-state index in [4.69, 9.17) is 10.5 Å². The van der Waals surface area contributed by atoms with Crippen LogP contribution in [0.1, 0.15) is 11.5 Å². The molecule has 0 radical (unpaired) electrons. The average Bonchev–Trinajstić information content (AvgIpc) is 2.30. The Morgan fingerprint density at radius 2 is 2.25 bits per heavy atom. The predicted octanol–water partition coefficient (Wildman–Crippen LogP) is -0.130. The van der Waals surface area contributed by atoms with Crippen molar-refractivity contribution in [3.63, 3.8) is 0 Å². The molecule has 0 saturated heterocycles. The molecule has 0 amide bonds. The minimum absolute atomic E-state index is 0.0700. The van der Waals surface area contributed by atoms with Gasteiger partial charge in [-0.1, -0.05) is 18.2 Å². The maximum atomic E-state index is 11.3. The average molecular weight is 222 g/mol. The van der Waals surface area contributed by atoms with Crippen LogP contribution in [0.2, 0.25) is 0 Å². The van der Waals surface area contributed by atoms with Crippen LogP contribution in [-0.2, 0) is 9.53 Å². The number of quaternary nitrogens is 1. The molecule has 6 nitrogen and oxygen atoms in total. The summed E-state index contributed by atoms with van der Waals surface area (Å²) in [5.41, 5.74) is 0.0730. The zero-order valence-electron chi connectivity index (χ0n) is 8.51. The number of esters is 1. The van der Waals surface area contributed by atoms with E-state index in [9.17, 15) is 10.0 Å². The molecule has 1 aromatic rings. The van der Waals surface area contributed by atoms with Gasteiger partial charge in [0.1, 0.15) is 0 Å². The van der Waals surface area contributed by atoms with Crippen molar-refractivity contribution in [3.8, 4) is 6.07 Å². The van der Waals surface area contributed by atoms with E-state index in [0.717, 1.165) is 7.11 Å². The molecule has 0 aliphatic rings. The van der Waals surface area contributed by atoms with Gasteiger partial charge in [0.2, 0.25) is 0 Å². The fraction of sp³-hybridized carbons (Fsp3) is 0.200. The number of nitriles is 1. The quantitative estimate of drug-likeness (QED) is 0.548. The molecule has 1 rings (SSSR count). The molecule has 84 valence electrons. The standard InChI is InChI=1S/C10H10N2O4/c1-16-10(13)8(6-11)7-4-2-3-5-9(7)12(14)15/h2-5,8,12,14H,1H3/t8-/m0/s1. The molecule has 0 aliphatic carbocycles. The lowest BCUT2D eigenvalue weighted by Gasteiger charge is -2.16. The highest BCUT2D eigenvalue weighted by Crippen LogP contribution is 2.22. The second-order valence-electron chi connectivity index (χ2n) is 2.98. The predicted molar refractivity (Wildman–Crippen MR) is 52.6 cm³/mol. The van der Waals surface area contributed by atoms with Crippen LogP contribution in [0.5, 0.6) is 0 Å². The largest absolute Gasteiger partial charge is 0.595 e. The lowest BCUT2D eigenvalue weighted by molar-refractivity contribution is -0.991.